The molecule has 0 radical (unpaired) electrons. The molecule has 146 valence electrons. The molecular weight excluding hydrogens is 338 g/mol. The van der Waals surface area contributed by atoms with Crippen LogP contribution in [0.25, 0.3) is 11.3 Å². The highest BCUT2D eigenvalue weighted by atomic mass is 16.5. The zero-order valence-corrected chi connectivity index (χ0v) is 16.9. The summed E-state index contributed by atoms with van der Waals surface area (Å²) in [6.45, 7) is 7.79. The Bertz CT molecular complexity index is 754. The normalized spacial score (nSPS) is 20.3. The number of aromatic nitrogens is 2. The number of benzene rings is 1. The van der Waals surface area contributed by atoms with E-state index in [-0.39, 0.29) is 18.1 Å². The highest BCUT2D eigenvalue weighted by Crippen LogP contribution is 2.24. The number of carbonyl (C=O) groups excluding carboxylic acids is 1. The van der Waals surface area contributed by atoms with Gasteiger partial charge in [-0.1, -0.05) is 63.9 Å². The molecule has 0 aliphatic carbocycles. The fourth-order valence-electron chi connectivity index (χ4n) is 3.61. The molecule has 3 rings (SSSR count). The fraction of sp³-hybridized carbons (Fsp3) is 0.545. The largest absolute Gasteiger partial charge is 0.371 e. The predicted octanol–water partition coefficient (Wildman–Crippen LogP) is 4.14. The minimum Gasteiger partial charge on any atom is -0.371 e. The van der Waals surface area contributed by atoms with Gasteiger partial charge in [-0.05, 0) is 24.0 Å². The smallest absolute Gasteiger partial charge is 0.274 e. The molecule has 1 aliphatic heterocycles. The van der Waals surface area contributed by atoms with E-state index in [4.69, 9.17) is 4.74 Å². The lowest BCUT2D eigenvalue weighted by molar-refractivity contribution is -0.0963. The molecule has 1 aromatic heterocycles. The van der Waals surface area contributed by atoms with Crippen LogP contribution < -0.4 is 0 Å². The molecule has 2 heterocycles. The molecule has 1 aromatic carbocycles. The van der Waals surface area contributed by atoms with Gasteiger partial charge in [0.2, 0.25) is 0 Å². The summed E-state index contributed by atoms with van der Waals surface area (Å²) in [4.78, 5) is 15.1. The molecule has 0 N–H and O–H groups in total. The molecule has 0 spiro atoms. The lowest BCUT2D eigenvalue weighted by Gasteiger charge is -2.39. The zero-order valence-electron chi connectivity index (χ0n) is 16.9. The fourth-order valence-corrected chi connectivity index (χ4v) is 3.61. The highest BCUT2D eigenvalue weighted by molar-refractivity contribution is 5.93. The Morgan fingerprint density at radius 2 is 2.00 bits per heavy atom. The lowest BCUT2D eigenvalue weighted by atomic mass is 10.0. The maximum Gasteiger partial charge on any atom is 0.274 e. The van der Waals surface area contributed by atoms with Crippen LogP contribution in [0.2, 0.25) is 0 Å². The number of morpholine rings is 1. The third-order valence-electron chi connectivity index (χ3n) is 5.27. The van der Waals surface area contributed by atoms with Crippen LogP contribution in [-0.2, 0) is 11.8 Å². The van der Waals surface area contributed by atoms with Crippen LogP contribution in [0.4, 0.5) is 0 Å². The van der Waals surface area contributed by atoms with E-state index < -0.39 is 0 Å². The first-order valence-electron chi connectivity index (χ1n) is 10.0. The molecule has 2 atom stereocenters. The van der Waals surface area contributed by atoms with Crippen molar-refractivity contribution in [3.05, 3.63) is 42.1 Å². The summed E-state index contributed by atoms with van der Waals surface area (Å²) in [5, 5.41) is 4.50. The van der Waals surface area contributed by atoms with Gasteiger partial charge in [-0.2, -0.15) is 5.10 Å². The Kier molecular flexibility index (Phi) is 6.32. The molecule has 0 unspecified atom stereocenters. The first-order valence-corrected chi connectivity index (χ1v) is 10.0. The number of unbranched alkanes of at least 4 members (excludes halogenated alkanes) is 1. The van der Waals surface area contributed by atoms with Gasteiger partial charge in [-0.15, -0.1) is 0 Å². The van der Waals surface area contributed by atoms with Gasteiger partial charge in [-0.25, -0.2) is 0 Å². The molecule has 0 saturated carbocycles. The first-order chi connectivity index (χ1) is 13.0. The standard InChI is InChI=1S/C22H31N3O2/c1-5-6-12-18-14-25(15-21(27-18)16(2)3)22(26)19-13-20(24(4)23-19)17-10-8-7-9-11-17/h7-11,13,16,18,21H,5-6,12,14-15H2,1-4H3/t18-,21-/m1/s1. The van der Waals surface area contributed by atoms with Crippen LogP contribution >= 0.6 is 0 Å². The molecule has 1 saturated heterocycles. The molecule has 0 bridgehead atoms. The Morgan fingerprint density at radius 3 is 2.67 bits per heavy atom. The Balaban J connectivity index is 1.79. The Labute approximate surface area is 162 Å². The number of hydrogen-bond acceptors (Lipinski definition) is 3. The minimum absolute atomic E-state index is 0.00299. The van der Waals surface area contributed by atoms with E-state index in [1.807, 2.05) is 48.3 Å². The summed E-state index contributed by atoms with van der Waals surface area (Å²) < 4.78 is 8.03. The van der Waals surface area contributed by atoms with E-state index >= 15 is 0 Å². The van der Waals surface area contributed by atoms with Gasteiger partial charge in [0.05, 0.1) is 17.9 Å². The van der Waals surface area contributed by atoms with Crippen molar-refractivity contribution in [2.75, 3.05) is 13.1 Å². The second-order valence-corrected chi connectivity index (χ2v) is 7.80. The number of amides is 1. The second-order valence-electron chi connectivity index (χ2n) is 7.80. The molecule has 5 heteroatoms. The number of nitrogens with zero attached hydrogens (tertiary/aromatic N) is 3. The van der Waals surface area contributed by atoms with Crippen molar-refractivity contribution in [3.8, 4) is 11.3 Å². The van der Waals surface area contributed by atoms with Gasteiger partial charge in [-0.3, -0.25) is 9.48 Å². The number of aryl methyl sites for hydroxylation is 1. The Hall–Kier alpha value is -2.14. The summed E-state index contributed by atoms with van der Waals surface area (Å²) in [5.74, 6) is 0.386. The van der Waals surface area contributed by atoms with Gasteiger partial charge < -0.3 is 9.64 Å². The summed E-state index contributed by atoms with van der Waals surface area (Å²) in [7, 11) is 1.89. The van der Waals surface area contributed by atoms with Crippen LogP contribution in [0.5, 0.6) is 0 Å². The van der Waals surface area contributed by atoms with Crippen molar-refractivity contribution in [1.82, 2.24) is 14.7 Å². The Morgan fingerprint density at radius 1 is 1.26 bits per heavy atom. The maximum atomic E-state index is 13.2. The molecule has 27 heavy (non-hydrogen) atoms. The molecule has 1 amide bonds. The monoisotopic (exact) mass is 369 g/mol. The van der Waals surface area contributed by atoms with E-state index in [9.17, 15) is 4.79 Å². The van der Waals surface area contributed by atoms with Crippen LogP contribution in [0, 0.1) is 5.92 Å². The molecular formula is C22H31N3O2. The van der Waals surface area contributed by atoms with Crippen LogP contribution in [0.15, 0.2) is 36.4 Å². The second kappa shape index (κ2) is 8.70. The SMILES string of the molecule is CCCC[C@@H]1CN(C(=O)c2cc(-c3ccccc3)n(C)n2)C[C@H](C(C)C)O1. The van der Waals surface area contributed by atoms with Crippen molar-refractivity contribution in [3.63, 3.8) is 0 Å². The number of ether oxygens (including phenoxy) is 1. The molecule has 5 nitrogen and oxygen atoms in total. The maximum absolute atomic E-state index is 13.2. The van der Waals surface area contributed by atoms with Crippen molar-refractivity contribution in [1.29, 1.82) is 0 Å². The first kappa shape index (κ1) is 19.6. The quantitative estimate of drug-likeness (QED) is 0.769. The predicted molar refractivity (Wildman–Crippen MR) is 108 cm³/mol. The van der Waals surface area contributed by atoms with Crippen LogP contribution in [0.1, 0.15) is 50.5 Å². The topological polar surface area (TPSA) is 47.4 Å². The zero-order chi connectivity index (χ0) is 19.4. The van der Waals surface area contributed by atoms with E-state index in [2.05, 4.69) is 25.9 Å². The molecule has 2 aromatic rings. The molecule has 1 fully saturated rings. The van der Waals surface area contributed by atoms with Crippen molar-refractivity contribution < 1.29 is 9.53 Å². The van der Waals surface area contributed by atoms with Crippen molar-refractivity contribution in [2.45, 2.75) is 52.2 Å². The average molecular weight is 370 g/mol. The summed E-state index contributed by atoms with van der Waals surface area (Å²) in [6, 6.07) is 12.0. The van der Waals surface area contributed by atoms with Gasteiger partial charge in [0.1, 0.15) is 0 Å². The highest BCUT2D eigenvalue weighted by Gasteiger charge is 2.33. The summed E-state index contributed by atoms with van der Waals surface area (Å²) in [5.41, 5.74) is 2.53. The van der Waals surface area contributed by atoms with Gasteiger partial charge in [0, 0.05) is 20.1 Å². The number of hydrogen-bond donors (Lipinski definition) is 0. The van der Waals surface area contributed by atoms with Crippen molar-refractivity contribution in [2.24, 2.45) is 13.0 Å². The van der Waals surface area contributed by atoms with Crippen LogP contribution in [-0.4, -0.2) is 45.9 Å². The third kappa shape index (κ3) is 4.59. The molecule has 1 aliphatic rings. The van der Waals surface area contributed by atoms with E-state index in [0.29, 0.717) is 24.7 Å². The van der Waals surface area contributed by atoms with Crippen molar-refractivity contribution >= 4 is 5.91 Å². The van der Waals surface area contributed by atoms with Gasteiger partial charge in [0.25, 0.3) is 5.91 Å². The summed E-state index contributed by atoms with van der Waals surface area (Å²) >= 11 is 0. The minimum atomic E-state index is 0.00299. The number of carbonyl (C=O) groups is 1. The van der Waals surface area contributed by atoms with E-state index in [1.165, 1.54) is 0 Å². The average Bonchev–Trinajstić information content (AvgIpc) is 3.07. The van der Waals surface area contributed by atoms with E-state index in [1.54, 1.807) is 4.68 Å². The van der Waals surface area contributed by atoms with E-state index in [0.717, 1.165) is 30.5 Å². The van der Waals surface area contributed by atoms with Gasteiger partial charge in [0.15, 0.2) is 5.69 Å². The third-order valence-corrected chi connectivity index (χ3v) is 5.27. The van der Waals surface area contributed by atoms with Crippen LogP contribution in [0.3, 0.4) is 0 Å². The van der Waals surface area contributed by atoms with Gasteiger partial charge >= 0.3 is 0 Å². The number of rotatable bonds is 6. The lowest BCUT2D eigenvalue weighted by Crippen LogP contribution is -2.51. The summed E-state index contributed by atoms with van der Waals surface area (Å²) in [6.07, 6.45) is 3.47.